The van der Waals surface area contributed by atoms with Crippen LogP contribution in [0.25, 0.3) is 0 Å². The van der Waals surface area contributed by atoms with Crippen molar-refractivity contribution in [3.05, 3.63) is 0 Å². The first kappa shape index (κ1) is 13.4. The minimum atomic E-state index is -0.704. The van der Waals surface area contributed by atoms with Crippen molar-refractivity contribution in [3.8, 4) is 0 Å². The predicted octanol–water partition coefficient (Wildman–Crippen LogP) is 2.42. The van der Waals surface area contributed by atoms with Gasteiger partial charge in [-0.25, -0.2) is 0 Å². The molecule has 0 saturated carbocycles. The minimum Gasteiger partial charge on any atom is -0.481 e. The number of aliphatic carboxylic acids is 1. The van der Waals surface area contributed by atoms with Crippen LogP contribution in [-0.4, -0.2) is 34.0 Å². The molecule has 0 aromatic carbocycles. The summed E-state index contributed by atoms with van der Waals surface area (Å²) in [6, 6.07) is 0.634. The number of unbranched alkanes of at least 4 members (excludes halogenated alkanes) is 1. The Kier molecular flexibility index (Phi) is 4.25. The molecule has 1 amide bonds. The van der Waals surface area contributed by atoms with Crippen molar-refractivity contribution in [2.45, 2.75) is 70.4 Å². The van der Waals surface area contributed by atoms with Gasteiger partial charge in [0.25, 0.3) is 0 Å². The molecule has 0 aromatic rings. The minimum absolute atomic E-state index is 0.268. The van der Waals surface area contributed by atoms with Crippen molar-refractivity contribution < 1.29 is 14.7 Å². The lowest BCUT2D eigenvalue weighted by Gasteiger charge is -2.38. The molecule has 2 heterocycles. The number of nitrogens with zero attached hydrogens (tertiary/aromatic N) is 1. The first-order valence-electron chi connectivity index (χ1n) is 7.14. The summed E-state index contributed by atoms with van der Waals surface area (Å²) >= 11 is 0. The Hall–Kier alpha value is -1.06. The summed E-state index contributed by atoms with van der Waals surface area (Å²) in [7, 11) is 0. The monoisotopic (exact) mass is 253 g/mol. The molecular weight excluding hydrogens is 230 g/mol. The van der Waals surface area contributed by atoms with Crippen LogP contribution in [0.5, 0.6) is 0 Å². The second-order valence-electron chi connectivity index (χ2n) is 5.72. The molecule has 2 atom stereocenters. The lowest BCUT2D eigenvalue weighted by Crippen LogP contribution is -2.46. The maximum absolute atomic E-state index is 12.2. The summed E-state index contributed by atoms with van der Waals surface area (Å²) < 4.78 is 0. The van der Waals surface area contributed by atoms with Crippen LogP contribution in [0.2, 0.25) is 0 Å². The van der Waals surface area contributed by atoms with E-state index in [0.717, 1.165) is 38.5 Å². The highest BCUT2D eigenvalue weighted by molar-refractivity contribution is 5.77. The normalized spacial score (nSPS) is 30.5. The first-order valence-corrected chi connectivity index (χ1v) is 7.14. The quantitative estimate of drug-likeness (QED) is 0.818. The van der Waals surface area contributed by atoms with Gasteiger partial charge in [0.15, 0.2) is 0 Å². The molecule has 0 aromatic heterocycles. The van der Waals surface area contributed by atoms with Crippen LogP contribution < -0.4 is 0 Å². The zero-order chi connectivity index (χ0) is 13.1. The summed E-state index contributed by atoms with van der Waals surface area (Å²) in [6.07, 6.45) is 6.86. The van der Waals surface area contributed by atoms with Gasteiger partial charge in [-0.15, -0.1) is 0 Å². The maximum Gasteiger partial charge on any atom is 0.303 e. The number of amides is 1. The molecular formula is C14H23NO3. The van der Waals surface area contributed by atoms with Crippen molar-refractivity contribution in [3.63, 3.8) is 0 Å². The fourth-order valence-corrected chi connectivity index (χ4v) is 3.57. The van der Waals surface area contributed by atoms with Crippen molar-refractivity contribution in [2.75, 3.05) is 0 Å². The molecule has 18 heavy (non-hydrogen) atoms. The van der Waals surface area contributed by atoms with E-state index in [1.165, 1.54) is 0 Å². The standard InChI is InChI=1S/C14H23NO3/c1-2-3-4-13(16)15-11-5-6-12(15)8-10(7-11)9-14(17)18/h10-12H,2-9H2,1H3,(H,17,18). The molecule has 2 unspecified atom stereocenters. The van der Waals surface area contributed by atoms with E-state index >= 15 is 0 Å². The molecule has 102 valence electrons. The van der Waals surface area contributed by atoms with Gasteiger partial charge in [0.05, 0.1) is 0 Å². The largest absolute Gasteiger partial charge is 0.481 e. The lowest BCUT2D eigenvalue weighted by atomic mass is 9.88. The van der Waals surface area contributed by atoms with E-state index in [1.54, 1.807) is 0 Å². The number of fused-ring (bicyclic) bond motifs is 2. The summed E-state index contributed by atoms with van der Waals surface area (Å²) in [5.74, 6) is -0.140. The predicted molar refractivity (Wildman–Crippen MR) is 68.2 cm³/mol. The summed E-state index contributed by atoms with van der Waals surface area (Å²) in [6.45, 7) is 2.10. The van der Waals surface area contributed by atoms with Gasteiger partial charge < -0.3 is 10.0 Å². The molecule has 2 rings (SSSR count). The van der Waals surface area contributed by atoms with E-state index in [0.29, 0.717) is 18.5 Å². The Morgan fingerprint density at radius 1 is 1.22 bits per heavy atom. The molecule has 4 nitrogen and oxygen atoms in total. The van der Waals surface area contributed by atoms with Crippen molar-refractivity contribution in [2.24, 2.45) is 5.92 Å². The number of piperidine rings is 1. The fraction of sp³-hybridized carbons (Fsp3) is 0.857. The molecule has 2 saturated heterocycles. The fourth-order valence-electron chi connectivity index (χ4n) is 3.57. The van der Waals surface area contributed by atoms with E-state index in [1.807, 2.05) is 0 Å². The topological polar surface area (TPSA) is 57.6 Å². The van der Waals surface area contributed by atoms with E-state index in [4.69, 9.17) is 5.11 Å². The van der Waals surface area contributed by atoms with Crippen LogP contribution in [0.15, 0.2) is 0 Å². The molecule has 2 bridgehead atoms. The third-order valence-corrected chi connectivity index (χ3v) is 4.33. The third kappa shape index (κ3) is 2.85. The Morgan fingerprint density at radius 3 is 2.33 bits per heavy atom. The van der Waals surface area contributed by atoms with Gasteiger partial charge in [-0.2, -0.15) is 0 Å². The smallest absolute Gasteiger partial charge is 0.303 e. The van der Waals surface area contributed by atoms with Crippen molar-refractivity contribution in [1.29, 1.82) is 0 Å². The van der Waals surface area contributed by atoms with Gasteiger partial charge in [0, 0.05) is 24.9 Å². The number of carboxylic acid groups (broad SMARTS) is 1. The van der Waals surface area contributed by atoms with Crippen LogP contribution in [0.3, 0.4) is 0 Å². The van der Waals surface area contributed by atoms with Gasteiger partial charge in [0.2, 0.25) is 5.91 Å². The van der Waals surface area contributed by atoms with Crippen LogP contribution >= 0.6 is 0 Å². The third-order valence-electron chi connectivity index (χ3n) is 4.33. The van der Waals surface area contributed by atoms with Crippen molar-refractivity contribution >= 4 is 11.9 Å². The van der Waals surface area contributed by atoms with Crippen LogP contribution in [0.1, 0.15) is 58.3 Å². The van der Waals surface area contributed by atoms with Crippen LogP contribution in [-0.2, 0) is 9.59 Å². The molecule has 1 N–H and O–H groups in total. The SMILES string of the molecule is CCCCC(=O)N1C2CCC1CC(CC(=O)O)C2. The highest BCUT2D eigenvalue weighted by Crippen LogP contribution is 2.40. The van der Waals surface area contributed by atoms with Crippen LogP contribution in [0, 0.1) is 5.92 Å². The second kappa shape index (κ2) is 5.72. The highest BCUT2D eigenvalue weighted by atomic mass is 16.4. The molecule has 4 heteroatoms. The first-order chi connectivity index (χ1) is 8.61. The molecule has 0 aliphatic carbocycles. The van der Waals surface area contributed by atoms with Crippen LogP contribution in [0.4, 0.5) is 0 Å². The van der Waals surface area contributed by atoms with Gasteiger partial charge in [-0.3, -0.25) is 9.59 Å². The number of carbonyl (C=O) groups is 2. The highest BCUT2D eigenvalue weighted by Gasteiger charge is 2.42. The Bertz CT molecular complexity index is 315. The van der Waals surface area contributed by atoms with E-state index < -0.39 is 5.97 Å². The van der Waals surface area contributed by atoms with Gasteiger partial charge in [0.1, 0.15) is 0 Å². The van der Waals surface area contributed by atoms with E-state index in [2.05, 4.69) is 11.8 Å². The molecule has 0 radical (unpaired) electrons. The average molecular weight is 253 g/mol. The van der Waals surface area contributed by atoms with Gasteiger partial charge >= 0.3 is 5.97 Å². The molecule has 0 spiro atoms. The number of rotatable bonds is 5. The summed E-state index contributed by atoms with van der Waals surface area (Å²) in [5.41, 5.74) is 0. The molecule has 2 aliphatic heterocycles. The summed E-state index contributed by atoms with van der Waals surface area (Å²) in [4.78, 5) is 25.0. The number of carbonyl (C=O) groups excluding carboxylic acids is 1. The van der Waals surface area contributed by atoms with E-state index in [-0.39, 0.29) is 18.2 Å². The zero-order valence-electron chi connectivity index (χ0n) is 11.1. The van der Waals surface area contributed by atoms with Crippen molar-refractivity contribution in [1.82, 2.24) is 4.90 Å². The Balaban J connectivity index is 1.93. The lowest BCUT2D eigenvalue weighted by molar-refractivity contribution is -0.140. The zero-order valence-corrected chi connectivity index (χ0v) is 11.1. The summed E-state index contributed by atoms with van der Waals surface area (Å²) in [5, 5.41) is 8.87. The number of carboxylic acids is 1. The maximum atomic E-state index is 12.2. The van der Waals surface area contributed by atoms with Gasteiger partial charge in [-0.1, -0.05) is 13.3 Å². The van der Waals surface area contributed by atoms with Gasteiger partial charge in [-0.05, 0) is 38.0 Å². The molecule has 2 fully saturated rings. The second-order valence-corrected chi connectivity index (χ2v) is 5.72. The average Bonchev–Trinajstić information content (AvgIpc) is 2.57. The van der Waals surface area contributed by atoms with E-state index in [9.17, 15) is 9.59 Å². The Labute approximate surface area is 108 Å². The number of hydrogen-bond acceptors (Lipinski definition) is 2. The Morgan fingerprint density at radius 2 is 1.83 bits per heavy atom. The molecule has 2 aliphatic rings. The number of hydrogen-bond donors (Lipinski definition) is 1.